The van der Waals surface area contributed by atoms with Gasteiger partial charge in [0.2, 0.25) is 0 Å². The molecule has 0 aromatic heterocycles. The standard InChI is InChI=1S/C13H16N2O3/c1-17-13(16)11-9(14)4-5-10-12(11)18-7-8-3-2-6-15(8)10/h4-5,8H,2-3,6-7,14H2,1H3/t8-/m1/s1. The van der Waals surface area contributed by atoms with Crippen LogP contribution in [0.4, 0.5) is 11.4 Å². The van der Waals surface area contributed by atoms with Crippen LogP contribution in [0.25, 0.3) is 0 Å². The molecule has 2 aliphatic rings. The molecule has 5 heteroatoms. The van der Waals surface area contributed by atoms with Gasteiger partial charge in [0.25, 0.3) is 0 Å². The number of esters is 1. The fourth-order valence-electron chi connectivity index (χ4n) is 2.78. The molecule has 5 nitrogen and oxygen atoms in total. The third-order valence-electron chi connectivity index (χ3n) is 3.67. The Bertz CT molecular complexity index is 501. The molecule has 0 unspecified atom stereocenters. The number of ether oxygens (including phenoxy) is 2. The second-order valence-corrected chi connectivity index (χ2v) is 4.67. The van der Waals surface area contributed by atoms with Crippen molar-refractivity contribution in [2.75, 3.05) is 30.9 Å². The number of nitrogens with zero attached hydrogens (tertiary/aromatic N) is 1. The van der Waals surface area contributed by atoms with Crippen LogP contribution in [0.1, 0.15) is 23.2 Å². The Morgan fingerprint density at radius 3 is 3.17 bits per heavy atom. The van der Waals surface area contributed by atoms with E-state index in [-0.39, 0.29) is 0 Å². The van der Waals surface area contributed by atoms with E-state index in [2.05, 4.69) is 4.90 Å². The second-order valence-electron chi connectivity index (χ2n) is 4.67. The van der Waals surface area contributed by atoms with Crippen LogP contribution >= 0.6 is 0 Å². The van der Waals surface area contributed by atoms with E-state index in [1.807, 2.05) is 6.07 Å². The molecule has 1 aromatic carbocycles. The lowest BCUT2D eigenvalue weighted by Gasteiger charge is -2.34. The minimum atomic E-state index is -0.443. The van der Waals surface area contributed by atoms with E-state index in [0.717, 1.165) is 25.1 Å². The van der Waals surface area contributed by atoms with Gasteiger partial charge in [0, 0.05) is 6.54 Å². The molecular weight excluding hydrogens is 232 g/mol. The van der Waals surface area contributed by atoms with Crippen LogP contribution in [0.3, 0.4) is 0 Å². The molecule has 0 aliphatic carbocycles. The van der Waals surface area contributed by atoms with Crippen LogP contribution < -0.4 is 15.4 Å². The Balaban J connectivity index is 2.12. The van der Waals surface area contributed by atoms with Crippen LogP contribution in [0.5, 0.6) is 5.75 Å². The lowest BCUT2D eigenvalue weighted by molar-refractivity contribution is 0.0596. The van der Waals surface area contributed by atoms with E-state index in [1.54, 1.807) is 6.07 Å². The summed E-state index contributed by atoms with van der Waals surface area (Å²) in [5.74, 6) is 0.127. The Morgan fingerprint density at radius 1 is 1.56 bits per heavy atom. The predicted molar refractivity (Wildman–Crippen MR) is 68.1 cm³/mol. The van der Waals surface area contributed by atoms with Crippen molar-refractivity contribution in [3.05, 3.63) is 17.7 Å². The van der Waals surface area contributed by atoms with Gasteiger partial charge < -0.3 is 20.1 Å². The summed E-state index contributed by atoms with van der Waals surface area (Å²) >= 11 is 0. The number of anilines is 2. The maximum absolute atomic E-state index is 11.8. The molecule has 2 heterocycles. The lowest BCUT2D eigenvalue weighted by atomic mass is 10.1. The third kappa shape index (κ3) is 1.50. The third-order valence-corrected chi connectivity index (χ3v) is 3.67. The number of hydrogen-bond donors (Lipinski definition) is 1. The van der Waals surface area contributed by atoms with E-state index in [1.165, 1.54) is 7.11 Å². The van der Waals surface area contributed by atoms with Crippen molar-refractivity contribution in [2.45, 2.75) is 18.9 Å². The van der Waals surface area contributed by atoms with E-state index in [0.29, 0.717) is 29.6 Å². The first-order valence-corrected chi connectivity index (χ1v) is 6.12. The molecule has 1 atom stereocenters. The molecule has 1 fully saturated rings. The summed E-state index contributed by atoms with van der Waals surface area (Å²) in [5, 5.41) is 0. The number of nitrogens with two attached hydrogens (primary N) is 1. The molecule has 0 saturated carbocycles. The second kappa shape index (κ2) is 4.08. The van der Waals surface area contributed by atoms with Crippen LogP contribution in [0.2, 0.25) is 0 Å². The summed E-state index contributed by atoms with van der Waals surface area (Å²) in [6.45, 7) is 1.62. The Labute approximate surface area is 105 Å². The van der Waals surface area contributed by atoms with Gasteiger partial charge in [0.15, 0.2) is 5.75 Å². The number of benzene rings is 1. The van der Waals surface area contributed by atoms with Gasteiger partial charge in [-0.25, -0.2) is 4.79 Å². The van der Waals surface area contributed by atoms with Gasteiger partial charge in [-0.15, -0.1) is 0 Å². The summed E-state index contributed by atoms with van der Waals surface area (Å²) in [6, 6.07) is 4.09. The number of carbonyl (C=O) groups excluding carboxylic acids is 1. The van der Waals surface area contributed by atoms with Crippen LogP contribution in [0.15, 0.2) is 12.1 Å². The number of fused-ring (bicyclic) bond motifs is 3. The summed E-state index contributed by atoms with van der Waals surface area (Å²) in [7, 11) is 1.35. The van der Waals surface area contributed by atoms with Gasteiger partial charge in [-0.2, -0.15) is 0 Å². The molecule has 0 radical (unpaired) electrons. The van der Waals surface area contributed by atoms with E-state index in [4.69, 9.17) is 15.2 Å². The minimum Gasteiger partial charge on any atom is -0.488 e. The molecule has 18 heavy (non-hydrogen) atoms. The molecule has 96 valence electrons. The first-order valence-electron chi connectivity index (χ1n) is 6.12. The number of methoxy groups -OCH3 is 1. The van der Waals surface area contributed by atoms with Gasteiger partial charge >= 0.3 is 5.97 Å². The Hall–Kier alpha value is -1.91. The average molecular weight is 248 g/mol. The lowest BCUT2D eigenvalue weighted by Crippen LogP contribution is -2.38. The number of hydrogen-bond acceptors (Lipinski definition) is 5. The first kappa shape index (κ1) is 11.2. The highest BCUT2D eigenvalue weighted by Crippen LogP contribution is 2.42. The molecule has 0 bridgehead atoms. The molecule has 0 amide bonds. The Kier molecular flexibility index (Phi) is 2.54. The highest BCUT2D eigenvalue weighted by atomic mass is 16.5. The van der Waals surface area contributed by atoms with Crippen molar-refractivity contribution in [1.29, 1.82) is 0 Å². The molecule has 0 spiro atoms. The van der Waals surface area contributed by atoms with Gasteiger partial charge in [0.1, 0.15) is 12.2 Å². The largest absolute Gasteiger partial charge is 0.488 e. The first-order chi connectivity index (χ1) is 8.72. The minimum absolute atomic E-state index is 0.348. The zero-order valence-electron chi connectivity index (χ0n) is 10.3. The van der Waals surface area contributed by atoms with Gasteiger partial charge in [-0.3, -0.25) is 0 Å². The quantitative estimate of drug-likeness (QED) is 0.601. The zero-order valence-corrected chi connectivity index (χ0v) is 10.3. The monoisotopic (exact) mass is 248 g/mol. The Morgan fingerprint density at radius 2 is 2.39 bits per heavy atom. The summed E-state index contributed by atoms with van der Waals surface area (Å²) < 4.78 is 10.5. The highest BCUT2D eigenvalue weighted by Gasteiger charge is 2.34. The van der Waals surface area contributed by atoms with Gasteiger partial charge in [-0.05, 0) is 25.0 Å². The smallest absolute Gasteiger partial charge is 0.343 e. The van der Waals surface area contributed by atoms with Crippen LogP contribution in [-0.4, -0.2) is 32.3 Å². The number of nitrogen functional groups attached to an aromatic ring is 1. The highest BCUT2D eigenvalue weighted by molar-refractivity contribution is 6.00. The fourth-order valence-corrected chi connectivity index (χ4v) is 2.78. The van der Waals surface area contributed by atoms with Crippen molar-refractivity contribution in [1.82, 2.24) is 0 Å². The molecule has 3 rings (SSSR count). The van der Waals surface area contributed by atoms with E-state index < -0.39 is 5.97 Å². The predicted octanol–water partition coefficient (Wildman–Crippen LogP) is 1.42. The van der Waals surface area contributed by atoms with Crippen LogP contribution in [-0.2, 0) is 4.74 Å². The van der Waals surface area contributed by atoms with E-state index in [9.17, 15) is 4.79 Å². The summed E-state index contributed by atoms with van der Waals surface area (Å²) in [5.41, 5.74) is 7.56. The van der Waals surface area contributed by atoms with Crippen molar-refractivity contribution < 1.29 is 14.3 Å². The number of carbonyl (C=O) groups is 1. The SMILES string of the molecule is COC(=O)c1c(N)ccc2c1OC[C@H]1CCCN21. The fraction of sp³-hybridized carbons (Fsp3) is 0.462. The van der Waals surface area contributed by atoms with Gasteiger partial charge in [-0.1, -0.05) is 0 Å². The number of rotatable bonds is 1. The maximum Gasteiger partial charge on any atom is 0.343 e. The normalized spacial score (nSPS) is 20.9. The molecule has 1 aromatic rings. The van der Waals surface area contributed by atoms with Crippen molar-refractivity contribution in [2.24, 2.45) is 0 Å². The summed E-state index contributed by atoms with van der Waals surface area (Å²) in [4.78, 5) is 14.1. The van der Waals surface area contributed by atoms with Crippen molar-refractivity contribution in [3.63, 3.8) is 0 Å². The molecule has 2 aliphatic heterocycles. The topological polar surface area (TPSA) is 64.8 Å². The van der Waals surface area contributed by atoms with E-state index >= 15 is 0 Å². The molecule has 2 N–H and O–H groups in total. The zero-order chi connectivity index (χ0) is 12.7. The summed E-state index contributed by atoms with van der Waals surface area (Å²) in [6.07, 6.45) is 2.29. The van der Waals surface area contributed by atoms with Crippen molar-refractivity contribution >= 4 is 17.3 Å². The molecule has 1 saturated heterocycles. The molecular formula is C13H16N2O3. The van der Waals surface area contributed by atoms with Crippen molar-refractivity contribution in [3.8, 4) is 5.75 Å². The van der Waals surface area contributed by atoms with Crippen LogP contribution in [0, 0.1) is 0 Å². The van der Waals surface area contributed by atoms with Gasteiger partial charge in [0.05, 0.1) is 24.5 Å². The maximum atomic E-state index is 11.8. The average Bonchev–Trinajstić information content (AvgIpc) is 2.86.